The first kappa shape index (κ1) is 15.1. The third-order valence-electron chi connectivity index (χ3n) is 6.19. The SMILES string of the molecule is Cc1c(F)cccc1C(=O)N[C@H]1[C@@H]2CCO[C@@H]2[C@@H]1C1CCCC1. The molecule has 3 fully saturated rings. The quantitative estimate of drug-likeness (QED) is 0.927. The molecule has 4 atom stereocenters. The summed E-state index contributed by atoms with van der Waals surface area (Å²) < 4.78 is 19.6. The summed E-state index contributed by atoms with van der Waals surface area (Å²) in [4.78, 5) is 12.7. The average Bonchev–Trinajstić information content (AvgIpc) is 3.18. The van der Waals surface area contributed by atoms with Crippen molar-refractivity contribution in [3.05, 3.63) is 35.1 Å². The van der Waals surface area contributed by atoms with Gasteiger partial charge in [-0.05, 0) is 37.0 Å². The van der Waals surface area contributed by atoms with Gasteiger partial charge in [-0.1, -0.05) is 31.7 Å². The van der Waals surface area contributed by atoms with Crippen molar-refractivity contribution in [2.75, 3.05) is 6.61 Å². The molecule has 124 valence electrons. The molecule has 1 aromatic carbocycles. The summed E-state index contributed by atoms with van der Waals surface area (Å²) in [7, 11) is 0. The second-order valence-corrected chi connectivity index (χ2v) is 7.32. The fourth-order valence-corrected chi connectivity index (χ4v) is 4.94. The maximum atomic E-state index is 13.7. The van der Waals surface area contributed by atoms with E-state index in [0.29, 0.717) is 35.0 Å². The van der Waals surface area contributed by atoms with E-state index in [1.165, 1.54) is 31.7 Å². The number of halogens is 1. The third-order valence-corrected chi connectivity index (χ3v) is 6.19. The van der Waals surface area contributed by atoms with Gasteiger partial charge in [0, 0.05) is 30.0 Å². The highest BCUT2D eigenvalue weighted by atomic mass is 19.1. The minimum absolute atomic E-state index is 0.139. The maximum absolute atomic E-state index is 13.7. The lowest BCUT2D eigenvalue weighted by atomic mass is 9.61. The molecule has 23 heavy (non-hydrogen) atoms. The lowest BCUT2D eigenvalue weighted by Gasteiger charge is -2.50. The summed E-state index contributed by atoms with van der Waals surface area (Å²) in [6.07, 6.45) is 6.45. The molecule has 0 aromatic heterocycles. The molecule has 0 spiro atoms. The molecule has 1 amide bonds. The van der Waals surface area contributed by atoms with Crippen molar-refractivity contribution in [3.63, 3.8) is 0 Å². The molecule has 4 rings (SSSR count). The number of hydrogen-bond donors (Lipinski definition) is 1. The van der Waals surface area contributed by atoms with Crippen LogP contribution in [0, 0.1) is 30.5 Å². The number of rotatable bonds is 3. The molecule has 0 unspecified atom stereocenters. The Kier molecular flexibility index (Phi) is 3.88. The van der Waals surface area contributed by atoms with E-state index in [1.54, 1.807) is 19.1 Å². The first-order chi connectivity index (χ1) is 11.2. The van der Waals surface area contributed by atoms with Crippen LogP contribution in [0.2, 0.25) is 0 Å². The number of ether oxygens (including phenoxy) is 1. The van der Waals surface area contributed by atoms with Gasteiger partial charge in [0.1, 0.15) is 5.82 Å². The van der Waals surface area contributed by atoms with Crippen molar-refractivity contribution in [3.8, 4) is 0 Å². The average molecular weight is 317 g/mol. The number of benzene rings is 1. The fourth-order valence-electron chi connectivity index (χ4n) is 4.94. The molecular weight excluding hydrogens is 293 g/mol. The number of hydrogen-bond acceptors (Lipinski definition) is 2. The lowest BCUT2D eigenvalue weighted by molar-refractivity contribution is -0.0784. The van der Waals surface area contributed by atoms with Crippen LogP contribution in [-0.2, 0) is 4.74 Å². The summed E-state index contributed by atoms with van der Waals surface area (Å²) in [5.41, 5.74) is 0.887. The van der Waals surface area contributed by atoms with Crippen molar-refractivity contribution in [1.82, 2.24) is 5.32 Å². The second kappa shape index (κ2) is 5.90. The van der Waals surface area contributed by atoms with Crippen molar-refractivity contribution < 1.29 is 13.9 Å². The third kappa shape index (κ3) is 2.47. The van der Waals surface area contributed by atoms with Crippen LogP contribution in [0.25, 0.3) is 0 Å². The van der Waals surface area contributed by atoms with E-state index >= 15 is 0 Å². The van der Waals surface area contributed by atoms with Crippen LogP contribution < -0.4 is 5.32 Å². The highest BCUT2D eigenvalue weighted by molar-refractivity contribution is 5.96. The van der Waals surface area contributed by atoms with E-state index in [2.05, 4.69) is 5.32 Å². The van der Waals surface area contributed by atoms with E-state index in [1.807, 2.05) is 0 Å². The predicted molar refractivity (Wildman–Crippen MR) is 85.7 cm³/mol. The molecule has 0 bridgehead atoms. The molecular formula is C19H24FNO2. The van der Waals surface area contributed by atoms with E-state index in [0.717, 1.165) is 13.0 Å². The molecule has 1 aromatic rings. The topological polar surface area (TPSA) is 38.3 Å². The second-order valence-electron chi connectivity index (χ2n) is 7.32. The van der Waals surface area contributed by atoms with E-state index < -0.39 is 0 Å². The van der Waals surface area contributed by atoms with Gasteiger partial charge in [0.2, 0.25) is 0 Å². The van der Waals surface area contributed by atoms with Crippen molar-refractivity contribution in [2.24, 2.45) is 17.8 Å². The summed E-state index contributed by atoms with van der Waals surface area (Å²) in [5.74, 6) is 1.11. The molecule has 3 aliphatic rings. The summed E-state index contributed by atoms with van der Waals surface area (Å²) >= 11 is 0. The Morgan fingerprint density at radius 1 is 1.26 bits per heavy atom. The molecule has 1 aliphatic heterocycles. The Bertz CT molecular complexity index is 607. The van der Waals surface area contributed by atoms with Crippen LogP contribution >= 0.6 is 0 Å². The van der Waals surface area contributed by atoms with Crippen LogP contribution in [0.15, 0.2) is 18.2 Å². The minimum Gasteiger partial charge on any atom is -0.377 e. The molecule has 2 saturated carbocycles. The standard InChI is InChI=1S/C19H24FNO2/c1-11-13(7-4-8-15(11)20)19(22)21-17-14-9-10-23-18(14)16(17)12-5-2-3-6-12/h4,7-8,12,14,16-18H,2-3,5-6,9-10H2,1H3,(H,21,22)/t14-,16+,17-,18-/m0/s1. The lowest BCUT2D eigenvalue weighted by Crippen LogP contribution is -2.63. The molecule has 4 heteroatoms. The molecule has 0 radical (unpaired) electrons. The summed E-state index contributed by atoms with van der Waals surface area (Å²) in [5, 5.41) is 3.21. The van der Waals surface area contributed by atoms with Gasteiger partial charge in [0.15, 0.2) is 0 Å². The highest BCUT2D eigenvalue weighted by Gasteiger charge is 2.57. The van der Waals surface area contributed by atoms with Gasteiger partial charge in [0.25, 0.3) is 5.91 Å². The van der Waals surface area contributed by atoms with E-state index in [-0.39, 0.29) is 17.8 Å². The molecule has 1 N–H and O–H groups in total. The van der Waals surface area contributed by atoms with Crippen molar-refractivity contribution >= 4 is 5.91 Å². The first-order valence-corrected chi connectivity index (χ1v) is 8.84. The van der Waals surface area contributed by atoms with Gasteiger partial charge in [-0.3, -0.25) is 4.79 Å². The molecule has 3 nitrogen and oxygen atoms in total. The van der Waals surface area contributed by atoms with Crippen LogP contribution in [-0.4, -0.2) is 24.7 Å². The molecule has 2 aliphatic carbocycles. The number of nitrogens with one attached hydrogen (secondary N) is 1. The molecule has 1 saturated heterocycles. The van der Waals surface area contributed by atoms with Gasteiger partial charge >= 0.3 is 0 Å². The van der Waals surface area contributed by atoms with Gasteiger partial charge in [-0.15, -0.1) is 0 Å². The van der Waals surface area contributed by atoms with Gasteiger partial charge in [-0.25, -0.2) is 4.39 Å². The van der Waals surface area contributed by atoms with E-state index in [4.69, 9.17) is 4.74 Å². The fraction of sp³-hybridized carbons (Fsp3) is 0.632. The van der Waals surface area contributed by atoms with Gasteiger partial charge in [-0.2, -0.15) is 0 Å². The summed E-state index contributed by atoms with van der Waals surface area (Å²) in [6, 6.07) is 4.91. The van der Waals surface area contributed by atoms with Gasteiger partial charge in [0.05, 0.1) is 6.10 Å². The van der Waals surface area contributed by atoms with Crippen LogP contribution in [0.5, 0.6) is 0 Å². The number of carbonyl (C=O) groups excluding carboxylic acids is 1. The zero-order valence-electron chi connectivity index (χ0n) is 13.6. The zero-order valence-corrected chi connectivity index (χ0v) is 13.6. The summed E-state index contributed by atoms with van der Waals surface area (Å²) in [6.45, 7) is 2.48. The Morgan fingerprint density at radius 3 is 2.83 bits per heavy atom. The number of amides is 1. The Balaban J connectivity index is 1.52. The first-order valence-electron chi connectivity index (χ1n) is 8.84. The highest BCUT2D eigenvalue weighted by Crippen LogP contribution is 2.51. The largest absolute Gasteiger partial charge is 0.377 e. The van der Waals surface area contributed by atoms with Crippen molar-refractivity contribution in [2.45, 2.75) is 51.2 Å². The van der Waals surface area contributed by atoms with Crippen molar-refractivity contribution in [1.29, 1.82) is 0 Å². The van der Waals surface area contributed by atoms with Crippen LogP contribution in [0.1, 0.15) is 48.0 Å². The number of fused-ring (bicyclic) bond motifs is 1. The van der Waals surface area contributed by atoms with E-state index in [9.17, 15) is 9.18 Å². The Labute approximate surface area is 136 Å². The normalized spacial score (nSPS) is 33.3. The van der Waals surface area contributed by atoms with Gasteiger partial charge < -0.3 is 10.1 Å². The molecule has 1 heterocycles. The smallest absolute Gasteiger partial charge is 0.251 e. The minimum atomic E-state index is -0.319. The Hall–Kier alpha value is -1.42. The maximum Gasteiger partial charge on any atom is 0.251 e. The van der Waals surface area contributed by atoms with Crippen LogP contribution in [0.4, 0.5) is 4.39 Å². The zero-order chi connectivity index (χ0) is 16.0. The monoisotopic (exact) mass is 317 g/mol. The number of carbonyl (C=O) groups is 1. The van der Waals surface area contributed by atoms with Crippen LogP contribution in [0.3, 0.4) is 0 Å². The Morgan fingerprint density at radius 2 is 2.04 bits per heavy atom. The predicted octanol–water partition coefficient (Wildman–Crippen LogP) is 3.46.